The smallest absolute Gasteiger partial charge is 0.195 e. The summed E-state index contributed by atoms with van der Waals surface area (Å²) in [5.74, 6) is 0.108. The first-order valence-corrected chi connectivity index (χ1v) is 10.2. The van der Waals surface area contributed by atoms with E-state index < -0.39 is 0 Å². The molecule has 0 saturated heterocycles. The first-order valence-electron chi connectivity index (χ1n) is 10.2. The topological polar surface area (TPSA) is 17.1 Å². The number of Topliss-reactive ketones (excluding diaryl/α,β-unsaturated/α-hetero) is 1. The Kier molecular flexibility index (Phi) is 3.69. The monoisotopic (exact) mass is 382 g/mol. The molecule has 1 heteroatoms. The van der Waals surface area contributed by atoms with Crippen molar-refractivity contribution in [2.75, 3.05) is 0 Å². The van der Waals surface area contributed by atoms with Crippen LogP contribution in [0.5, 0.6) is 0 Å². The third-order valence-corrected chi connectivity index (χ3v) is 6.01. The van der Waals surface area contributed by atoms with E-state index in [0.29, 0.717) is 0 Å². The third-order valence-electron chi connectivity index (χ3n) is 6.01. The van der Waals surface area contributed by atoms with Crippen molar-refractivity contribution in [3.05, 3.63) is 131 Å². The Morgan fingerprint density at radius 1 is 0.367 bits per heavy atom. The predicted molar refractivity (Wildman–Crippen MR) is 125 cm³/mol. The van der Waals surface area contributed by atoms with E-state index >= 15 is 0 Å². The van der Waals surface area contributed by atoms with Gasteiger partial charge in [-0.15, -0.1) is 0 Å². The van der Waals surface area contributed by atoms with E-state index in [9.17, 15) is 4.79 Å². The molecule has 0 spiro atoms. The van der Waals surface area contributed by atoms with E-state index in [2.05, 4.69) is 48.5 Å². The van der Waals surface area contributed by atoms with Gasteiger partial charge in [0.1, 0.15) is 0 Å². The van der Waals surface area contributed by atoms with Crippen LogP contribution in [0.3, 0.4) is 0 Å². The summed E-state index contributed by atoms with van der Waals surface area (Å²) in [5.41, 5.74) is 5.73. The molecule has 0 aliphatic heterocycles. The number of benzene rings is 5. The van der Waals surface area contributed by atoms with Crippen LogP contribution in [0, 0.1) is 0 Å². The molecule has 0 fully saturated rings. The molecular weight excluding hydrogens is 364 g/mol. The van der Waals surface area contributed by atoms with Crippen LogP contribution in [-0.2, 0) is 0 Å². The maximum absolute atomic E-state index is 14.0. The molecule has 0 aromatic heterocycles. The van der Waals surface area contributed by atoms with E-state index in [1.807, 2.05) is 60.7 Å². The number of carbonyl (C=O) groups excluding carboxylic acids is 1. The van der Waals surface area contributed by atoms with Crippen LogP contribution in [0.25, 0.3) is 32.7 Å². The molecule has 0 atom stereocenters. The summed E-state index contributed by atoms with van der Waals surface area (Å²) in [4.78, 5) is 14.0. The van der Waals surface area contributed by atoms with Crippen LogP contribution >= 0.6 is 0 Å². The summed E-state index contributed by atoms with van der Waals surface area (Å²) in [5, 5.41) is 4.46. The zero-order valence-corrected chi connectivity index (χ0v) is 16.3. The Morgan fingerprint density at radius 2 is 0.767 bits per heavy atom. The molecular formula is C29H18O. The average Bonchev–Trinajstić information content (AvgIpc) is 3.14. The maximum Gasteiger partial charge on any atom is 0.195 e. The molecule has 0 radical (unpaired) electrons. The van der Waals surface area contributed by atoms with Crippen molar-refractivity contribution in [3.63, 3.8) is 0 Å². The van der Waals surface area contributed by atoms with Crippen molar-refractivity contribution in [3.8, 4) is 0 Å². The van der Waals surface area contributed by atoms with Gasteiger partial charge in [-0.3, -0.25) is 4.79 Å². The van der Waals surface area contributed by atoms with E-state index in [1.54, 1.807) is 0 Å². The van der Waals surface area contributed by atoms with Crippen molar-refractivity contribution in [1.29, 1.82) is 0 Å². The van der Waals surface area contributed by atoms with Gasteiger partial charge in [0, 0.05) is 22.3 Å². The van der Waals surface area contributed by atoms with Gasteiger partial charge in [0.2, 0.25) is 0 Å². The largest absolute Gasteiger partial charge is 0.289 e. The number of hydrogen-bond donors (Lipinski definition) is 0. The maximum atomic E-state index is 14.0. The van der Waals surface area contributed by atoms with Crippen molar-refractivity contribution in [1.82, 2.24) is 0 Å². The van der Waals surface area contributed by atoms with Gasteiger partial charge in [-0.1, -0.05) is 109 Å². The first kappa shape index (κ1) is 16.9. The second-order valence-electron chi connectivity index (χ2n) is 7.65. The molecule has 1 aliphatic rings. The number of ketones is 1. The summed E-state index contributed by atoms with van der Waals surface area (Å²) in [6.45, 7) is 0. The standard InChI is InChI=1S/C29H18O/c30-29-26(20-13-5-2-6-14-20)25(19-11-3-1-4-12-19)27-23-17-9-7-15-21(23)22-16-8-10-18-24(22)28(27)29/h1-18H. The fraction of sp³-hybridized carbons (Fsp3) is 0. The molecule has 5 aromatic carbocycles. The molecule has 6 rings (SSSR count). The van der Waals surface area contributed by atoms with E-state index in [-0.39, 0.29) is 5.78 Å². The molecule has 0 heterocycles. The summed E-state index contributed by atoms with van der Waals surface area (Å²) in [6, 6.07) is 37.0. The molecule has 0 N–H and O–H groups in total. The molecule has 0 amide bonds. The van der Waals surface area contributed by atoms with Crippen molar-refractivity contribution >= 4 is 38.5 Å². The summed E-state index contributed by atoms with van der Waals surface area (Å²) >= 11 is 0. The summed E-state index contributed by atoms with van der Waals surface area (Å²) < 4.78 is 0. The van der Waals surface area contributed by atoms with E-state index in [0.717, 1.165) is 49.6 Å². The zero-order chi connectivity index (χ0) is 20.1. The van der Waals surface area contributed by atoms with Crippen LogP contribution in [-0.4, -0.2) is 5.78 Å². The number of carbonyl (C=O) groups is 1. The fourth-order valence-electron chi connectivity index (χ4n) is 4.77. The van der Waals surface area contributed by atoms with Crippen LogP contribution in [0.1, 0.15) is 27.0 Å². The molecule has 140 valence electrons. The highest BCUT2D eigenvalue weighted by atomic mass is 16.1. The third kappa shape index (κ3) is 2.33. The minimum absolute atomic E-state index is 0.108. The number of hydrogen-bond acceptors (Lipinski definition) is 1. The predicted octanol–water partition coefficient (Wildman–Crippen LogP) is 7.15. The van der Waals surface area contributed by atoms with Gasteiger partial charge in [0.25, 0.3) is 0 Å². The SMILES string of the molecule is O=C1C(c2ccccc2)=C(c2ccccc2)c2c1c1ccccc1c1ccccc21. The minimum Gasteiger partial charge on any atom is -0.289 e. The van der Waals surface area contributed by atoms with Gasteiger partial charge < -0.3 is 0 Å². The zero-order valence-electron chi connectivity index (χ0n) is 16.3. The van der Waals surface area contributed by atoms with E-state index in [1.165, 1.54) is 5.39 Å². The second kappa shape index (κ2) is 6.53. The van der Waals surface area contributed by atoms with Crippen LogP contribution in [0.4, 0.5) is 0 Å². The van der Waals surface area contributed by atoms with Crippen molar-refractivity contribution in [2.45, 2.75) is 0 Å². The fourth-order valence-corrected chi connectivity index (χ4v) is 4.77. The highest BCUT2D eigenvalue weighted by molar-refractivity contribution is 6.46. The number of rotatable bonds is 2. The lowest BCUT2D eigenvalue weighted by Gasteiger charge is -2.14. The van der Waals surface area contributed by atoms with Gasteiger partial charge in [-0.25, -0.2) is 0 Å². The molecule has 30 heavy (non-hydrogen) atoms. The summed E-state index contributed by atoms with van der Waals surface area (Å²) in [6.07, 6.45) is 0. The van der Waals surface area contributed by atoms with Crippen molar-refractivity contribution in [2.24, 2.45) is 0 Å². The van der Waals surface area contributed by atoms with Gasteiger partial charge in [-0.2, -0.15) is 0 Å². The minimum atomic E-state index is 0.108. The normalized spacial score (nSPS) is 13.3. The lowest BCUT2D eigenvalue weighted by atomic mass is 9.88. The number of allylic oxidation sites excluding steroid dienone is 1. The number of fused-ring (bicyclic) bond motifs is 6. The molecule has 0 saturated carbocycles. The van der Waals surface area contributed by atoms with Gasteiger partial charge in [0.05, 0.1) is 0 Å². The average molecular weight is 382 g/mol. The Bertz CT molecular complexity index is 1480. The lowest BCUT2D eigenvalue weighted by Crippen LogP contribution is -2.00. The molecule has 1 aliphatic carbocycles. The quantitative estimate of drug-likeness (QED) is 0.296. The molecule has 0 unspecified atom stereocenters. The molecule has 5 aromatic rings. The van der Waals surface area contributed by atoms with Crippen LogP contribution in [0.15, 0.2) is 109 Å². The van der Waals surface area contributed by atoms with Gasteiger partial charge in [-0.05, 0) is 32.7 Å². The molecule has 0 bridgehead atoms. The first-order chi connectivity index (χ1) is 14.8. The van der Waals surface area contributed by atoms with E-state index in [4.69, 9.17) is 0 Å². The van der Waals surface area contributed by atoms with Gasteiger partial charge in [0.15, 0.2) is 5.78 Å². The summed E-state index contributed by atoms with van der Waals surface area (Å²) in [7, 11) is 0. The van der Waals surface area contributed by atoms with Crippen LogP contribution in [0.2, 0.25) is 0 Å². The second-order valence-corrected chi connectivity index (χ2v) is 7.65. The highest BCUT2D eigenvalue weighted by Crippen LogP contribution is 2.48. The lowest BCUT2D eigenvalue weighted by molar-refractivity contribution is 0.106. The Labute approximate surface area is 174 Å². The van der Waals surface area contributed by atoms with Gasteiger partial charge >= 0.3 is 0 Å². The van der Waals surface area contributed by atoms with Crippen LogP contribution < -0.4 is 0 Å². The highest BCUT2D eigenvalue weighted by Gasteiger charge is 2.34. The Morgan fingerprint density at radius 3 is 1.30 bits per heavy atom. The van der Waals surface area contributed by atoms with Crippen molar-refractivity contribution < 1.29 is 4.79 Å². The molecule has 1 nitrogen and oxygen atoms in total. The Hall–Kier alpha value is -3.97. The Balaban J connectivity index is 1.84.